The number of fused-ring (bicyclic) bond motifs is 1. The molecule has 29 heavy (non-hydrogen) atoms. The molecule has 2 heterocycles. The highest BCUT2D eigenvalue weighted by molar-refractivity contribution is 6.21. The maximum Gasteiger partial charge on any atom is 0.261 e. The first kappa shape index (κ1) is 18.6. The van der Waals surface area contributed by atoms with Crippen molar-refractivity contribution in [2.24, 2.45) is 0 Å². The molecule has 1 aliphatic rings. The lowest BCUT2D eigenvalue weighted by Gasteiger charge is -2.09. The average Bonchev–Trinajstić information content (AvgIpc) is 3.27. The smallest absolute Gasteiger partial charge is 0.261 e. The summed E-state index contributed by atoms with van der Waals surface area (Å²) in [6.45, 7) is 1.13. The topological polar surface area (TPSA) is 84.3 Å². The Morgan fingerprint density at radius 1 is 1.03 bits per heavy atom. The van der Waals surface area contributed by atoms with Crippen LogP contribution >= 0.6 is 0 Å². The minimum absolute atomic E-state index is 0.267. The van der Waals surface area contributed by atoms with Gasteiger partial charge in [0.05, 0.1) is 11.1 Å². The van der Waals surface area contributed by atoms with Gasteiger partial charge in [-0.2, -0.15) is 0 Å². The normalized spacial score (nSPS) is 12.9. The third-order valence-corrected chi connectivity index (χ3v) is 4.98. The van der Waals surface area contributed by atoms with Gasteiger partial charge in [-0.05, 0) is 23.8 Å². The molecule has 3 amide bonds. The summed E-state index contributed by atoms with van der Waals surface area (Å²) in [4.78, 5) is 42.0. The zero-order chi connectivity index (χ0) is 20.4. The first-order valence-corrected chi connectivity index (χ1v) is 9.33. The maximum atomic E-state index is 12.5. The fourth-order valence-corrected chi connectivity index (χ4v) is 3.38. The summed E-state index contributed by atoms with van der Waals surface area (Å²) in [7, 11) is 1.43. The van der Waals surface area contributed by atoms with Crippen LogP contribution in [-0.2, 0) is 13.0 Å². The van der Waals surface area contributed by atoms with E-state index >= 15 is 0 Å². The number of nitrogens with one attached hydrogen (secondary N) is 1. The van der Waals surface area contributed by atoms with Crippen LogP contribution in [0, 0.1) is 0 Å². The van der Waals surface area contributed by atoms with Crippen molar-refractivity contribution in [2.75, 3.05) is 13.6 Å². The molecular weight excluding hydrogens is 368 g/mol. The Morgan fingerprint density at radius 3 is 2.59 bits per heavy atom. The molecule has 146 valence electrons. The van der Waals surface area contributed by atoms with E-state index in [2.05, 4.69) is 27.0 Å². The Balaban J connectivity index is 1.38. The molecule has 2 aromatic carbocycles. The number of carbonyl (C=O) groups excluding carboxylic acids is 3. The molecule has 0 saturated carbocycles. The van der Waals surface area contributed by atoms with Gasteiger partial charge in [0.2, 0.25) is 0 Å². The number of aromatic nitrogens is 2. The van der Waals surface area contributed by atoms with Gasteiger partial charge in [-0.15, -0.1) is 0 Å². The molecule has 0 radical (unpaired) electrons. The van der Waals surface area contributed by atoms with Crippen molar-refractivity contribution in [2.45, 2.75) is 13.0 Å². The predicted molar refractivity (Wildman–Crippen MR) is 107 cm³/mol. The van der Waals surface area contributed by atoms with Crippen LogP contribution in [-0.4, -0.2) is 45.8 Å². The van der Waals surface area contributed by atoms with Gasteiger partial charge in [0.25, 0.3) is 17.7 Å². The molecule has 7 heteroatoms. The van der Waals surface area contributed by atoms with Gasteiger partial charge in [-0.3, -0.25) is 19.3 Å². The van der Waals surface area contributed by atoms with Crippen LogP contribution in [0.1, 0.15) is 42.5 Å². The Kier molecular flexibility index (Phi) is 4.95. The number of hydrogen-bond acceptors (Lipinski definition) is 4. The zero-order valence-corrected chi connectivity index (χ0v) is 16.0. The lowest BCUT2D eigenvalue weighted by atomic mass is 10.1. The third kappa shape index (κ3) is 3.67. The molecule has 0 saturated heterocycles. The monoisotopic (exact) mass is 388 g/mol. The molecule has 1 aliphatic heterocycles. The summed E-state index contributed by atoms with van der Waals surface area (Å²) in [5, 5.41) is 2.85. The molecule has 0 fully saturated rings. The van der Waals surface area contributed by atoms with E-state index in [0.29, 0.717) is 24.1 Å². The van der Waals surface area contributed by atoms with E-state index in [-0.39, 0.29) is 23.3 Å². The van der Waals surface area contributed by atoms with Crippen LogP contribution < -0.4 is 5.32 Å². The van der Waals surface area contributed by atoms with Gasteiger partial charge in [-0.1, -0.05) is 30.3 Å². The van der Waals surface area contributed by atoms with Crippen molar-refractivity contribution in [3.8, 4) is 0 Å². The number of imidazole rings is 1. The Bertz CT molecular complexity index is 1090. The second-order valence-electron chi connectivity index (χ2n) is 6.89. The lowest BCUT2D eigenvalue weighted by Crippen LogP contribution is -2.27. The zero-order valence-electron chi connectivity index (χ0n) is 16.0. The molecule has 4 rings (SSSR count). The van der Waals surface area contributed by atoms with Crippen molar-refractivity contribution in [3.63, 3.8) is 0 Å². The molecule has 3 aromatic rings. The summed E-state index contributed by atoms with van der Waals surface area (Å²) in [5.74, 6) is -0.140. The summed E-state index contributed by atoms with van der Waals surface area (Å²) in [5.41, 5.74) is 2.13. The number of nitrogens with zero attached hydrogens (tertiary/aromatic N) is 3. The van der Waals surface area contributed by atoms with Gasteiger partial charge in [-0.25, -0.2) is 4.98 Å². The van der Waals surface area contributed by atoms with Crippen molar-refractivity contribution < 1.29 is 14.4 Å². The van der Waals surface area contributed by atoms with E-state index in [1.165, 1.54) is 24.7 Å². The van der Waals surface area contributed by atoms with Crippen LogP contribution in [0.15, 0.2) is 60.9 Å². The molecule has 0 unspecified atom stereocenters. The number of amides is 3. The average molecular weight is 388 g/mol. The highest BCUT2D eigenvalue weighted by Gasteiger charge is 2.33. The van der Waals surface area contributed by atoms with Crippen molar-refractivity contribution in [1.29, 1.82) is 0 Å². The number of hydrogen-bond donors (Lipinski definition) is 1. The molecule has 0 spiro atoms. The predicted octanol–water partition coefficient (Wildman–Crippen LogP) is 2.13. The number of rotatable bonds is 6. The van der Waals surface area contributed by atoms with E-state index in [4.69, 9.17) is 0 Å². The Labute approximate surface area is 168 Å². The van der Waals surface area contributed by atoms with Gasteiger partial charge >= 0.3 is 0 Å². The van der Waals surface area contributed by atoms with Gasteiger partial charge in [0.1, 0.15) is 5.82 Å². The first-order valence-electron chi connectivity index (χ1n) is 9.33. The van der Waals surface area contributed by atoms with E-state index < -0.39 is 0 Å². The van der Waals surface area contributed by atoms with E-state index in [1.54, 1.807) is 12.3 Å². The summed E-state index contributed by atoms with van der Waals surface area (Å²) < 4.78 is 2.05. The van der Waals surface area contributed by atoms with Crippen LogP contribution in [0.25, 0.3) is 0 Å². The Morgan fingerprint density at radius 2 is 1.79 bits per heavy atom. The van der Waals surface area contributed by atoms with Gasteiger partial charge in [0.15, 0.2) is 0 Å². The van der Waals surface area contributed by atoms with E-state index in [9.17, 15) is 14.4 Å². The lowest BCUT2D eigenvalue weighted by molar-refractivity contribution is 0.0693. The Hall–Kier alpha value is -3.74. The fraction of sp³-hybridized carbons (Fsp3) is 0.182. The minimum atomic E-state index is -0.386. The maximum absolute atomic E-state index is 12.5. The van der Waals surface area contributed by atoms with Gasteiger partial charge in [0, 0.05) is 44.5 Å². The highest BCUT2D eigenvalue weighted by Crippen LogP contribution is 2.22. The molecule has 0 aliphatic carbocycles. The molecule has 1 aromatic heterocycles. The first-order chi connectivity index (χ1) is 14.0. The van der Waals surface area contributed by atoms with Crippen LogP contribution in [0.3, 0.4) is 0 Å². The molecule has 1 N–H and O–H groups in total. The standard InChI is InChI=1S/C22H20N4O3/c1-25-21(28)17-8-7-16(13-18(17)22(25)29)20(27)24-10-9-19-23-11-12-26(19)14-15-5-3-2-4-6-15/h2-8,11-13H,9-10,14H2,1H3,(H,24,27). The fourth-order valence-electron chi connectivity index (χ4n) is 3.38. The van der Waals surface area contributed by atoms with Crippen LogP contribution in [0.5, 0.6) is 0 Å². The van der Waals surface area contributed by atoms with E-state index in [1.807, 2.05) is 24.4 Å². The molecule has 7 nitrogen and oxygen atoms in total. The van der Waals surface area contributed by atoms with Crippen molar-refractivity contribution in [1.82, 2.24) is 19.8 Å². The molecule has 0 bridgehead atoms. The van der Waals surface area contributed by atoms with Crippen LogP contribution in [0.2, 0.25) is 0 Å². The van der Waals surface area contributed by atoms with E-state index in [0.717, 1.165) is 17.3 Å². The summed E-state index contributed by atoms with van der Waals surface area (Å²) >= 11 is 0. The number of carbonyl (C=O) groups is 3. The SMILES string of the molecule is CN1C(=O)c2ccc(C(=O)NCCc3nccn3Cc3ccccc3)cc2C1=O. The number of imide groups is 1. The van der Waals surface area contributed by atoms with Crippen molar-refractivity contribution in [3.05, 3.63) is 89.0 Å². The third-order valence-electron chi connectivity index (χ3n) is 4.98. The molecular formula is C22H20N4O3. The minimum Gasteiger partial charge on any atom is -0.352 e. The summed E-state index contributed by atoms with van der Waals surface area (Å²) in [6.07, 6.45) is 4.25. The molecule has 0 atom stereocenters. The highest BCUT2D eigenvalue weighted by atomic mass is 16.2. The number of benzene rings is 2. The summed E-state index contributed by atoms with van der Waals surface area (Å²) in [6, 6.07) is 14.7. The van der Waals surface area contributed by atoms with Gasteiger partial charge < -0.3 is 9.88 Å². The van der Waals surface area contributed by atoms with Crippen molar-refractivity contribution >= 4 is 17.7 Å². The quantitative estimate of drug-likeness (QED) is 0.656. The second-order valence-corrected chi connectivity index (χ2v) is 6.89. The van der Waals surface area contributed by atoms with Crippen LogP contribution in [0.4, 0.5) is 0 Å². The second kappa shape index (κ2) is 7.71. The largest absolute Gasteiger partial charge is 0.352 e.